The molecule has 0 amide bonds. The first-order valence-corrected chi connectivity index (χ1v) is 9.45. The number of phenols is 2. The molecule has 0 aromatic heterocycles. The molecule has 0 spiro atoms. The van der Waals surface area contributed by atoms with Crippen molar-refractivity contribution in [2.24, 2.45) is 0 Å². The van der Waals surface area contributed by atoms with Crippen molar-refractivity contribution >= 4 is 0 Å². The van der Waals surface area contributed by atoms with Crippen molar-refractivity contribution in [3.8, 4) is 23.0 Å². The smallest absolute Gasteiger partial charge is 0.207 e. The Kier molecular flexibility index (Phi) is 9.55. The summed E-state index contributed by atoms with van der Waals surface area (Å²) in [6, 6.07) is 0. The van der Waals surface area contributed by atoms with Crippen LogP contribution in [0.1, 0.15) is 57.6 Å². The van der Waals surface area contributed by atoms with E-state index in [4.69, 9.17) is 9.47 Å². The van der Waals surface area contributed by atoms with Gasteiger partial charge in [-0.3, -0.25) is 0 Å². The molecule has 4 heteroatoms. The number of allylic oxidation sites excluding steroid dienone is 6. The zero-order valence-electron chi connectivity index (χ0n) is 17.6. The summed E-state index contributed by atoms with van der Waals surface area (Å²) in [5.41, 5.74) is 3.93. The quantitative estimate of drug-likeness (QED) is 0.390. The van der Waals surface area contributed by atoms with Crippen LogP contribution in [0.15, 0.2) is 35.5 Å². The molecule has 0 fully saturated rings. The Morgan fingerprint density at radius 3 is 2.04 bits per heavy atom. The van der Waals surface area contributed by atoms with Gasteiger partial charge >= 0.3 is 0 Å². The van der Waals surface area contributed by atoms with Gasteiger partial charge in [0, 0.05) is 11.1 Å². The molecule has 0 heterocycles. The van der Waals surface area contributed by atoms with Gasteiger partial charge in [0.1, 0.15) is 0 Å². The third kappa shape index (κ3) is 6.38. The Morgan fingerprint density at radius 1 is 0.889 bits per heavy atom. The minimum Gasteiger partial charge on any atom is -0.504 e. The van der Waals surface area contributed by atoms with Crippen LogP contribution in [0.25, 0.3) is 0 Å². The first kappa shape index (κ1) is 22.7. The molecular formula is C23H34O4. The topological polar surface area (TPSA) is 58.9 Å². The lowest BCUT2D eigenvalue weighted by Crippen LogP contribution is -1.98. The predicted molar refractivity (Wildman–Crippen MR) is 112 cm³/mol. The maximum Gasteiger partial charge on any atom is 0.207 e. The number of methoxy groups -OCH3 is 2. The minimum atomic E-state index is 0.00731. The third-order valence-electron chi connectivity index (χ3n) is 4.77. The average Bonchev–Trinajstić information content (AvgIpc) is 2.64. The lowest BCUT2D eigenvalue weighted by atomic mass is 9.99. The first-order chi connectivity index (χ1) is 12.9. The molecule has 0 unspecified atom stereocenters. The third-order valence-corrected chi connectivity index (χ3v) is 4.77. The molecule has 2 N–H and O–H groups in total. The molecule has 0 bridgehead atoms. The van der Waals surface area contributed by atoms with Gasteiger partial charge in [-0.05, 0) is 59.8 Å². The van der Waals surface area contributed by atoms with Crippen molar-refractivity contribution in [1.82, 2.24) is 0 Å². The molecule has 0 radical (unpaired) electrons. The number of hydrogen-bond acceptors (Lipinski definition) is 4. The van der Waals surface area contributed by atoms with Crippen LogP contribution in [-0.2, 0) is 6.42 Å². The summed E-state index contributed by atoms with van der Waals surface area (Å²) in [5, 5.41) is 20.8. The van der Waals surface area contributed by atoms with E-state index in [9.17, 15) is 10.2 Å². The maximum absolute atomic E-state index is 10.5. The largest absolute Gasteiger partial charge is 0.504 e. The number of benzene rings is 1. The van der Waals surface area contributed by atoms with Crippen LogP contribution >= 0.6 is 0 Å². The van der Waals surface area contributed by atoms with Crippen LogP contribution in [0.5, 0.6) is 23.0 Å². The zero-order valence-corrected chi connectivity index (χ0v) is 17.6. The van der Waals surface area contributed by atoms with Crippen molar-refractivity contribution < 1.29 is 19.7 Å². The number of phenolic OH excluding ortho intramolecular Hbond substituents is 2. The van der Waals surface area contributed by atoms with E-state index >= 15 is 0 Å². The van der Waals surface area contributed by atoms with E-state index in [0.29, 0.717) is 17.5 Å². The molecule has 1 aromatic carbocycles. The molecule has 0 aliphatic carbocycles. The Balaban J connectivity index is 2.81. The van der Waals surface area contributed by atoms with Crippen LogP contribution in [0.2, 0.25) is 0 Å². The van der Waals surface area contributed by atoms with Gasteiger partial charge in [0.05, 0.1) is 14.2 Å². The van der Waals surface area contributed by atoms with Gasteiger partial charge < -0.3 is 19.7 Å². The van der Waals surface area contributed by atoms with Crippen LogP contribution in [-0.4, -0.2) is 24.4 Å². The highest BCUT2D eigenvalue weighted by molar-refractivity contribution is 5.66. The van der Waals surface area contributed by atoms with Crippen LogP contribution in [0.3, 0.4) is 0 Å². The standard InChI is InChI=1S/C23H34O4/c1-7-8-9-11-16(2)12-10-13-17(3)14-15-19-18(4)20(24)22(26-5)23(27-6)21(19)25/h7-8,12,14,24-25H,9-11,13,15H2,1-6H3/b8-7+,16-12+,17-14-. The molecular weight excluding hydrogens is 340 g/mol. The monoisotopic (exact) mass is 374 g/mol. The molecule has 27 heavy (non-hydrogen) atoms. The van der Waals surface area contributed by atoms with Gasteiger partial charge in [-0.25, -0.2) is 0 Å². The van der Waals surface area contributed by atoms with E-state index in [2.05, 4.69) is 38.2 Å². The Labute approximate surface area is 163 Å². The van der Waals surface area contributed by atoms with Crippen LogP contribution < -0.4 is 9.47 Å². The van der Waals surface area contributed by atoms with Gasteiger partial charge in [0.25, 0.3) is 0 Å². The van der Waals surface area contributed by atoms with E-state index < -0.39 is 0 Å². The second kappa shape index (κ2) is 11.4. The lowest BCUT2D eigenvalue weighted by molar-refractivity contribution is 0.314. The van der Waals surface area contributed by atoms with Crippen molar-refractivity contribution in [2.45, 2.75) is 59.8 Å². The molecule has 0 saturated heterocycles. The normalized spacial score (nSPS) is 12.7. The van der Waals surface area contributed by atoms with E-state index in [0.717, 1.165) is 25.7 Å². The molecule has 0 aliphatic rings. The van der Waals surface area contributed by atoms with Crippen molar-refractivity contribution in [2.75, 3.05) is 14.2 Å². The molecule has 0 aliphatic heterocycles. The summed E-state index contributed by atoms with van der Waals surface area (Å²) in [4.78, 5) is 0. The Bertz CT molecular complexity index is 712. The second-order valence-electron chi connectivity index (χ2n) is 6.82. The first-order valence-electron chi connectivity index (χ1n) is 9.45. The van der Waals surface area contributed by atoms with E-state index in [1.54, 1.807) is 6.92 Å². The second-order valence-corrected chi connectivity index (χ2v) is 6.82. The van der Waals surface area contributed by atoms with Crippen LogP contribution in [0, 0.1) is 6.92 Å². The van der Waals surface area contributed by atoms with E-state index in [-0.39, 0.29) is 23.0 Å². The highest BCUT2D eigenvalue weighted by atomic mass is 16.5. The van der Waals surface area contributed by atoms with Gasteiger partial charge in [0.15, 0.2) is 11.5 Å². The molecule has 4 nitrogen and oxygen atoms in total. The molecule has 0 atom stereocenters. The maximum atomic E-state index is 10.5. The summed E-state index contributed by atoms with van der Waals surface area (Å²) in [7, 11) is 2.89. The number of hydrogen-bond donors (Lipinski definition) is 2. The fourth-order valence-corrected chi connectivity index (χ4v) is 2.98. The highest BCUT2D eigenvalue weighted by Crippen LogP contribution is 2.48. The van der Waals surface area contributed by atoms with Gasteiger partial charge in [-0.1, -0.05) is 35.5 Å². The summed E-state index contributed by atoms with van der Waals surface area (Å²) >= 11 is 0. The molecule has 1 rings (SSSR count). The Hall–Kier alpha value is -2.36. The van der Waals surface area contributed by atoms with Gasteiger partial charge in [-0.15, -0.1) is 0 Å². The van der Waals surface area contributed by atoms with Gasteiger partial charge in [-0.2, -0.15) is 0 Å². The van der Waals surface area contributed by atoms with Crippen LogP contribution in [0.4, 0.5) is 0 Å². The fourth-order valence-electron chi connectivity index (χ4n) is 2.98. The minimum absolute atomic E-state index is 0.00731. The average molecular weight is 375 g/mol. The zero-order chi connectivity index (χ0) is 20.4. The van der Waals surface area contributed by atoms with E-state index in [1.165, 1.54) is 25.4 Å². The van der Waals surface area contributed by atoms with Crippen molar-refractivity contribution in [3.05, 3.63) is 46.6 Å². The fraction of sp³-hybridized carbons (Fsp3) is 0.478. The summed E-state index contributed by atoms with van der Waals surface area (Å²) in [6.07, 6.45) is 13.4. The SMILES string of the molecule is C/C=C/CC/C(C)=C/CC/C(C)=C\Cc1c(C)c(O)c(OC)c(OC)c1O. The summed E-state index contributed by atoms with van der Waals surface area (Å²) in [6.45, 7) is 8.09. The number of rotatable bonds is 10. The highest BCUT2D eigenvalue weighted by Gasteiger charge is 2.22. The van der Waals surface area contributed by atoms with Gasteiger partial charge in [0.2, 0.25) is 11.5 Å². The Morgan fingerprint density at radius 2 is 1.44 bits per heavy atom. The van der Waals surface area contributed by atoms with Crippen molar-refractivity contribution in [1.29, 1.82) is 0 Å². The molecule has 1 aromatic rings. The molecule has 150 valence electrons. The lowest BCUT2D eigenvalue weighted by Gasteiger charge is -2.17. The summed E-state index contributed by atoms with van der Waals surface area (Å²) in [5.74, 6) is 0.359. The molecule has 0 saturated carbocycles. The van der Waals surface area contributed by atoms with Crippen molar-refractivity contribution in [3.63, 3.8) is 0 Å². The number of ether oxygens (including phenoxy) is 2. The number of aromatic hydroxyl groups is 2. The van der Waals surface area contributed by atoms with E-state index in [1.807, 2.05) is 6.92 Å². The predicted octanol–water partition coefficient (Wildman–Crippen LogP) is 6.00. The summed E-state index contributed by atoms with van der Waals surface area (Å²) < 4.78 is 10.4.